The van der Waals surface area contributed by atoms with Crippen molar-refractivity contribution in [3.63, 3.8) is 0 Å². The van der Waals surface area contributed by atoms with Crippen molar-refractivity contribution < 1.29 is 4.74 Å². The molecule has 2 N–H and O–H groups in total. The quantitative estimate of drug-likeness (QED) is 0.794. The van der Waals surface area contributed by atoms with E-state index >= 15 is 0 Å². The van der Waals surface area contributed by atoms with Crippen LogP contribution in [-0.2, 0) is 0 Å². The van der Waals surface area contributed by atoms with Crippen LogP contribution < -0.4 is 15.4 Å². The third-order valence-electron chi connectivity index (χ3n) is 3.30. The van der Waals surface area contributed by atoms with Gasteiger partial charge < -0.3 is 15.4 Å². The number of hydrogen-bond donors (Lipinski definition) is 2. The van der Waals surface area contributed by atoms with Crippen molar-refractivity contribution in [1.29, 1.82) is 0 Å². The standard InChI is InChI=1S/C17H19ClN2OS/c1-11-4-9-16(21-3)15(10-11)12(2)19-17(22)20-14-7-5-13(18)6-8-14/h4-10,12H,1-3H3,(H2,19,20,22)/t12-/m0/s1. The summed E-state index contributed by atoms with van der Waals surface area (Å²) < 4.78 is 5.42. The normalized spacial score (nSPS) is 11.6. The number of ether oxygens (including phenoxy) is 1. The van der Waals surface area contributed by atoms with Crippen molar-refractivity contribution >= 4 is 34.6 Å². The van der Waals surface area contributed by atoms with Gasteiger partial charge in [0, 0.05) is 16.3 Å². The Kier molecular flexibility index (Phi) is 5.63. The second-order valence-corrected chi connectivity index (χ2v) is 5.92. The Balaban J connectivity index is 2.05. The summed E-state index contributed by atoms with van der Waals surface area (Å²) in [5.74, 6) is 0.847. The smallest absolute Gasteiger partial charge is 0.171 e. The van der Waals surface area contributed by atoms with Crippen LogP contribution in [0.3, 0.4) is 0 Å². The SMILES string of the molecule is COc1ccc(C)cc1[C@H](C)NC(=S)Nc1ccc(Cl)cc1. The minimum Gasteiger partial charge on any atom is -0.496 e. The summed E-state index contributed by atoms with van der Waals surface area (Å²) in [5.41, 5.74) is 3.15. The largest absolute Gasteiger partial charge is 0.496 e. The number of hydrogen-bond acceptors (Lipinski definition) is 2. The predicted molar refractivity (Wildman–Crippen MR) is 97.0 cm³/mol. The zero-order valence-electron chi connectivity index (χ0n) is 12.8. The molecule has 0 spiro atoms. The fourth-order valence-corrected chi connectivity index (χ4v) is 2.59. The van der Waals surface area contributed by atoms with Crippen molar-refractivity contribution in [2.75, 3.05) is 12.4 Å². The van der Waals surface area contributed by atoms with E-state index in [1.54, 1.807) is 7.11 Å². The third-order valence-corrected chi connectivity index (χ3v) is 3.77. The van der Waals surface area contributed by atoms with Gasteiger partial charge in [0.25, 0.3) is 0 Å². The van der Waals surface area contributed by atoms with Crippen LogP contribution >= 0.6 is 23.8 Å². The Bertz CT molecular complexity index is 658. The molecule has 0 aliphatic carbocycles. The molecule has 2 aromatic rings. The van der Waals surface area contributed by atoms with E-state index < -0.39 is 0 Å². The van der Waals surface area contributed by atoms with Gasteiger partial charge in [-0.25, -0.2) is 0 Å². The Morgan fingerprint density at radius 1 is 1.18 bits per heavy atom. The van der Waals surface area contributed by atoms with E-state index in [1.807, 2.05) is 43.3 Å². The summed E-state index contributed by atoms with van der Waals surface area (Å²) in [5, 5.41) is 7.66. The molecular formula is C17H19ClN2OS. The second-order valence-electron chi connectivity index (χ2n) is 5.07. The molecule has 0 unspecified atom stereocenters. The van der Waals surface area contributed by atoms with Gasteiger partial charge in [-0.1, -0.05) is 29.3 Å². The lowest BCUT2D eigenvalue weighted by Crippen LogP contribution is -2.31. The van der Waals surface area contributed by atoms with E-state index in [4.69, 9.17) is 28.6 Å². The molecule has 5 heteroatoms. The summed E-state index contributed by atoms with van der Waals surface area (Å²) >= 11 is 11.2. The molecule has 0 amide bonds. The summed E-state index contributed by atoms with van der Waals surface area (Å²) in [7, 11) is 1.67. The Labute approximate surface area is 141 Å². The van der Waals surface area contributed by atoms with Crippen LogP contribution in [0.4, 0.5) is 5.69 Å². The highest BCUT2D eigenvalue weighted by molar-refractivity contribution is 7.80. The van der Waals surface area contributed by atoms with E-state index in [2.05, 4.69) is 23.6 Å². The van der Waals surface area contributed by atoms with E-state index in [0.717, 1.165) is 17.0 Å². The summed E-state index contributed by atoms with van der Waals surface area (Å²) in [6.45, 7) is 4.10. The molecule has 0 fully saturated rings. The lowest BCUT2D eigenvalue weighted by molar-refractivity contribution is 0.405. The molecule has 0 saturated carbocycles. The maximum Gasteiger partial charge on any atom is 0.171 e. The van der Waals surface area contributed by atoms with Gasteiger partial charge >= 0.3 is 0 Å². The lowest BCUT2D eigenvalue weighted by Gasteiger charge is -2.20. The predicted octanol–water partition coefficient (Wildman–Crippen LogP) is 4.70. The van der Waals surface area contributed by atoms with Gasteiger partial charge in [0.05, 0.1) is 13.2 Å². The first-order valence-corrected chi connectivity index (χ1v) is 7.76. The minimum absolute atomic E-state index is 0.0298. The number of methoxy groups -OCH3 is 1. The monoisotopic (exact) mass is 334 g/mol. The highest BCUT2D eigenvalue weighted by atomic mass is 35.5. The molecular weight excluding hydrogens is 316 g/mol. The third kappa shape index (κ3) is 4.36. The second kappa shape index (κ2) is 7.47. The van der Waals surface area contributed by atoms with Gasteiger partial charge in [-0.3, -0.25) is 0 Å². The first kappa shape index (κ1) is 16.6. The van der Waals surface area contributed by atoms with Crippen molar-refractivity contribution in [1.82, 2.24) is 5.32 Å². The number of thiocarbonyl (C=S) groups is 1. The van der Waals surface area contributed by atoms with Crippen LogP contribution in [0, 0.1) is 6.92 Å². The molecule has 0 saturated heterocycles. The van der Waals surface area contributed by atoms with Gasteiger partial charge in [-0.05, 0) is 56.4 Å². The van der Waals surface area contributed by atoms with Gasteiger partial charge in [-0.2, -0.15) is 0 Å². The van der Waals surface area contributed by atoms with E-state index in [-0.39, 0.29) is 6.04 Å². The first-order chi connectivity index (χ1) is 10.5. The first-order valence-electron chi connectivity index (χ1n) is 6.97. The average molecular weight is 335 g/mol. The lowest BCUT2D eigenvalue weighted by atomic mass is 10.0. The fraction of sp³-hybridized carbons (Fsp3) is 0.235. The van der Waals surface area contributed by atoms with Crippen LogP contribution in [0.5, 0.6) is 5.75 Å². The Hall–Kier alpha value is -1.78. The zero-order chi connectivity index (χ0) is 16.1. The summed E-state index contributed by atoms with van der Waals surface area (Å²) in [4.78, 5) is 0. The molecule has 0 heterocycles. The van der Waals surface area contributed by atoms with Crippen molar-refractivity contribution in [3.05, 3.63) is 58.6 Å². The number of rotatable bonds is 4. The maximum atomic E-state index is 5.87. The molecule has 2 rings (SSSR count). The van der Waals surface area contributed by atoms with Crippen molar-refractivity contribution in [2.45, 2.75) is 19.9 Å². The van der Waals surface area contributed by atoms with Crippen LogP contribution in [-0.4, -0.2) is 12.2 Å². The highest BCUT2D eigenvalue weighted by Crippen LogP contribution is 2.26. The summed E-state index contributed by atoms with van der Waals surface area (Å²) in [6.07, 6.45) is 0. The van der Waals surface area contributed by atoms with Gasteiger partial charge in [-0.15, -0.1) is 0 Å². The molecule has 3 nitrogen and oxygen atoms in total. The van der Waals surface area contributed by atoms with Crippen molar-refractivity contribution in [2.24, 2.45) is 0 Å². The number of aryl methyl sites for hydroxylation is 1. The topological polar surface area (TPSA) is 33.3 Å². The molecule has 1 atom stereocenters. The molecule has 22 heavy (non-hydrogen) atoms. The molecule has 0 bridgehead atoms. The van der Waals surface area contributed by atoms with Gasteiger partial charge in [0.1, 0.15) is 5.75 Å². The number of halogens is 1. The molecule has 0 aliphatic rings. The Morgan fingerprint density at radius 2 is 1.86 bits per heavy atom. The van der Waals surface area contributed by atoms with Crippen molar-refractivity contribution in [3.8, 4) is 5.75 Å². The van der Waals surface area contributed by atoms with Crippen LogP contribution in [0.25, 0.3) is 0 Å². The van der Waals surface area contributed by atoms with Crippen LogP contribution in [0.15, 0.2) is 42.5 Å². The average Bonchev–Trinajstić information content (AvgIpc) is 2.49. The molecule has 116 valence electrons. The van der Waals surface area contributed by atoms with E-state index in [9.17, 15) is 0 Å². The molecule has 2 aromatic carbocycles. The van der Waals surface area contributed by atoms with Crippen LogP contribution in [0.2, 0.25) is 5.02 Å². The molecule has 0 radical (unpaired) electrons. The van der Waals surface area contributed by atoms with E-state index in [1.165, 1.54) is 5.56 Å². The number of benzene rings is 2. The minimum atomic E-state index is 0.0298. The fourth-order valence-electron chi connectivity index (χ4n) is 2.17. The maximum absolute atomic E-state index is 5.87. The molecule has 0 aromatic heterocycles. The zero-order valence-corrected chi connectivity index (χ0v) is 14.4. The molecule has 0 aliphatic heterocycles. The summed E-state index contributed by atoms with van der Waals surface area (Å²) in [6, 6.07) is 13.5. The van der Waals surface area contributed by atoms with Gasteiger partial charge in [0.15, 0.2) is 5.11 Å². The van der Waals surface area contributed by atoms with E-state index in [0.29, 0.717) is 10.1 Å². The highest BCUT2D eigenvalue weighted by Gasteiger charge is 2.12. The van der Waals surface area contributed by atoms with Gasteiger partial charge in [0.2, 0.25) is 0 Å². The number of nitrogens with one attached hydrogen (secondary N) is 2. The van der Waals surface area contributed by atoms with Crippen LogP contribution in [0.1, 0.15) is 24.1 Å². The Morgan fingerprint density at radius 3 is 2.50 bits per heavy atom. The number of anilines is 1.